The Morgan fingerprint density at radius 2 is 2.00 bits per heavy atom. The van der Waals surface area contributed by atoms with E-state index in [9.17, 15) is 18.1 Å². The molecule has 15 heavy (non-hydrogen) atoms. The molecule has 0 aromatic carbocycles. The smallest absolute Gasteiger partial charge is 0.274 e. The van der Waals surface area contributed by atoms with Gasteiger partial charge < -0.3 is 0 Å². The van der Waals surface area contributed by atoms with Crippen molar-refractivity contribution in [3.8, 4) is 0 Å². The standard InChI is InChI=1S/C7H9F3N3O2/c1-3(2)4-5(13(14)15)6(12-11-4)7(8,9)10/h3H,1-2H3,(H,11,12)(H,14,15)/q+1. The molecule has 84 valence electrons. The number of nitrogens with zero attached hydrogens (tertiary/aromatic N) is 2. The van der Waals surface area contributed by atoms with Gasteiger partial charge in [0.2, 0.25) is 5.69 Å². The number of hydrogen-bond acceptors (Lipinski definition) is 2. The molecule has 1 heterocycles. The van der Waals surface area contributed by atoms with E-state index in [1.165, 1.54) is 0 Å². The summed E-state index contributed by atoms with van der Waals surface area (Å²) in [5.41, 5.74) is -2.35. The van der Waals surface area contributed by atoms with Crippen molar-refractivity contribution in [2.45, 2.75) is 25.9 Å². The molecule has 0 aliphatic carbocycles. The number of rotatable bonds is 2. The molecule has 0 unspecified atom stereocenters. The average Bonchev–Trinajstić information content (AvgIpc) is 2.45. The van der Waals surface area contributed by atoms with Crippen molar-refractivity contribution in [1.29, 1.82) is 0 Å². The lowest BCUT2D eigenvalue weighted by atomic mass is 10.1. The zero-order valence-corrected chi connectivity index (χ0v) is 7.96. The largest absolute Gasteiger partial charge is 0.442 e. The third-order valence-electron chi connectivity index (χ3n) is 1.80. The number of aromatic nitrogens is 2. The predicted octanol–water partition coefficient (Wildman–Crippen LogP) is 2.35. The zero-order valence-electron chi connectivity index (χ0n) is 7.96. The molecule has 0 aliphatic rings. The minimum Gasteiger partial charge on any atom is -0.274 e. The molecule has 0 saturated heterocycles. The molecule has 0 spiro atoms. The first-order valence-electron chi connectivity index (χ1n) is 4.06. The van der Waals surface area contributed by atoms with Crippen LogP contribution in [0.2, 0.25) is 0 Å². The summed E-state index contributed by atoms with van der Waals surface area (Å²) in [6.45, 7) is 3.14. The van der Waals surface area contributed by atoms with E-state index >= 15 is 0 Å². The van der Waals surface area contributed by atoms with Gasteiger partial charge in [0.1, 0.15) is 5.69 Å². The highest BCUT2D eigenvalue weighted by molar-refractivity contribution is 5.42. The van der Waals surface area contributed by atoms with E-state index in [0.29, 0.717) is 0 Å². The average molecular weight is 224 g/mol. The van der Waals surface area contributed by atoms with Crippen LogP contribution in [0.5, 0.6) is 0 Å². The van der Waals surface area contributed by atoms with Crippen molar-refractivity contribution in [3.05, 3.63) is 16.3 Å². The molecule has 0 atom stereocenters. The monoisotopic (exact) mass is 224 g/mol. The molecule has 5 nitrogen and oxygen atoms in total. The summed E-state index contributed by atoms with van der Waals surface area (Å²) in [6.07, 6.45) is -4.77. The minimum absolute atomic E-state index is 0.0557. The van der Waals surface area contributed by atoms with Crippen LogP contribution in [0, 0.1) is 4.91 Å². The third-order valence-corrected chi connectivity index (χ3v) is 1.80. The van der Waals surface area contributed by atoms with Crippen LogP contribution >= 0.6 is 0 Å². The molecule has 0 amide bonds. The van der Waals surface area contributed by atoms with Crippen molar-refractivity contribution in [1.82, 2.24) is 10.2 Å². The summed E-state index contributed by atoms with van der Waals surface area (Å²) >= 11 is 0. The summed E-state index contributed by atoms with van der Waals surface area (Å²) in [5, 5.41) is 13.7. The van der Waals surface area contributed by atoms with Gasteiger partial charge in [0, 0.05) is 5.92 Å². The number of aromatic amines is 1. The maximum atomic E-state index is 12.3. The molecule has 0 saturated carbocycles. The van der Waals surface area contributed by atoms with Crippen LogP contribution in [0.15, 0.2) is 0 Å². The van der Waals surface area contributed by atoms with Crippen molar-refractivity contribution < 1.29 is 23.3 Å². The molecule has 0 bridgehead atoms. The lowest BCUT2D eigenvalue weighted by molar-refractivity contribution is -0.730. The zero-order chi connectivity index (χ0) is 11.8. The summed E-state index contributed by atoms with van der Waals surface area (Å²) in [5.74, 6) is -0.382. The van der Waals surface area contributed by atoms with Crippen molar-refractivity contribution >= 4 is 5.69 Å². The predicted molar refractivity (Wildman–Crippen MR) is 42.8 cm³/mol. The van der Waals surface area contributed by atoms with Gasteiger partial charge in [0.05, 0.1) is 4.91 Å². The van der Waals surface area contributed by atoms with E-state index < -0.39 is 22.5 Å². The normalized spacial score (nSPS) is 12.1. The summed E-state index contributed by atoms with van der Waals surface area (Å²) in [7, 11) is 0. The molecule has 8 heteroatoms. The molecule has 1 rings (SSSR count). The first-order valence-corrected chi connectivity index (χ1v) is 4.06. The topological polar surface area (TPSA) is 69.0 Å². The Kier molecular flexibility index (Phi) is 2.69. The fourth-order valence-electron chi connectivity index (χ4n) is 1.14. The van der Waals surface area contributed by atoms with Gasteiger partial charge in [-0.15, -0.1) is 0 Å². The number of halogens is 3. The van der Waals surface area contributed by atoms with E-state index in [0.717, 1.165) is 0 Å². The number of nitrogens with one attached hydrogen (secondary N) is 1. The van der Waals surface area contributed by atoms with E-state index in [1.54, 1.807) is 13.8 Å². The Labute approximate surface area is 82.4 Å². The lowest BCUT2D eigenvalue weighted by Crippen LogP contribution is -2.10. The van der Waals surface area contributed by atoms with Gasteiger partial charge in [-0.05, 0) is 0 Å². The number of hydrogen-bond donors (Lipinski definition) is 2. The Hall–Kier alpha value is -1.60. The Morgan fingerprint density at radius 1 is 1.47 bits per heavy atom. The second-order valence-corrected chi connectivity index (χ2v) is 3.26. The quantitative estimate of drug-likeness (QED) is 0.757. The van der Waals surface area contributed by atoms with Crippen molar-refractivity contribution in [3.63, 3.8) is 0 Å². The van der Waals surface area contributed by atoms with Crippen LogP contribution in [0.4, 0.5) is 18.9 Å². The van der Waals surface area contributed by atoms with Gasteiger partial charge >= 0.3 is 11.9 Å². The molecule has 0 aliphatic heterocycles. The van der Waals surface area contributed by atoms with Gasteiger partial charge in [-0.1, -0.05) is 13.8 Å². The van der Waals surface area contributed by atoms with Crippen LogP contribution < -0.4 is 0 Å². The van der Waals surface area contributed by atoms with E-state index in [1.807, 2.05) is 0 Å². The molecule has 0 radical (unpaired) electrons. The fraction of sp³-hybridized carbons (Fsp3) is 0.571. The van der Waals surface area contributed by atoms with E-state index in [2.05, 4.69) is 10.2 Å². The van der Waals surface area contributed by atoms with Gasteiger partial charge in [-0.25, -0.2) is 5.21 Å². The molecular weight excluding hydrogens is 215 g/mol. The van der Waals surface area contributed by atoms with Crippen molar-refractivity contribution in [2.24, 2.45) is 0 Å². The fourth-order valence-corrected chi connectivity index (χ4v) is 1.14. The van der Waals surface area contributed by atoms with Crippen LogP contribution in [-0.2, 0) is 6.18 Å². The maximum absolute atomic E-state index is 12.3. The van der Waals surface area contributed by atoms with E-state index in [-0.39, 0.29) is 11.6 Å². The highest BCUT2D eigenvalue weighted by atomic mass is 19.4. The second kappa shape index (κ2) is 3.52. The van der Waals surface area contributed by atoms with Crippen LogP contribution in [0.1, 0.15) is 31.2 Å². The first kappa shape index (κ1) is 11.5. The van der Waals surface area contributed by atoms with E-state index in [4.69, 9.17) is 5.21 Å². The highest BCUT2D eigenvalue weighted by Gasteiger charge is 2.46. The van der Waals surface area contributed by atoms with Crippen LogP contribution in [0.25, 0.3) is 0 Å². The second-order valence-electron chi connectivity index (χ2n) is 3.26. The maximum Gasteiger partial charge on any atom is 0.442 e. The Bertz CT molecular complexity index is 383. The Morgan fingerprint density at radius 3 is 2.33 bits per heavy atom. The minimum atomic E-state index is -4.77. The SMILES string of the molecule is CC(C)c1[nH]nc(C(F)(F)F)c1[N+](=O)O. The number of H-pyrrole nitrogens is 1. The lowest BCUT2D eigenvalue weighted by Gasteiger charge is -2.00. The molecular formula is C7H9F3N3O2+. The highest BCUT2D eigenvalue weighted by Crippen LogP contribution is 2.37. The number of alkyl halides is 3. The summed E-state index contributed by atoms with van der Waals surface area (Å²) in [6, 6.07) is 0. The summed E-state index contributed by atoms with van der Waals surface area (Å²) < 4.78 is 37.0. The first-order chi connectivity index (χ1) is 6.75. The Balaban J connectivity index is 3.37. The molecule has 1 aromatic heterocycles. The van der Waals surface area contributed by atoms with Gasteiger partial charge in [0.15, 0.2) is 0 Å². The van der Waals surface area contributed by atoms with Gasteiger partial charge in [0.25, 0.3) is 4.92 Å². The van der Waals surface area contributed by atoms with Crippen LogP contribution in [0.3, 0.4) is 0 Å². The molecule has 2 N–H and O–H groups in total. The summed E-state index contributed by atoms with van der Waals surface area (Å²) in [4.78, 5) is 9.79. The van der Waals surface area contributed by atoms with Crippen LogP contribution in [-0.4, -0.2) is 20.3 Å². The molecule has 1 aromatic rings. The van der Waals surface area contributed by atoms with Crippen molar-refractivity contribution in [2.75, 3.05) is 0 Å². The third kappa shape index (κ3) is 2.08. The molecule has 0 fully saturated rings. The van der Waals surface area contributed by atoms with Gasteiger partial charge in [-0.2, -0.15) is 18.3 Å². The van der Waals surface area contributed by atoms with Gasteiger partial charge in [-0.3, -0.25) is 5.10 Å².